The summed E-state index contributed by atoms with van der Waals surface area (Å²) in [4.78, 5) is 22.9. The van der Waals surface area contributed by atoms with Crippen LogP contribution in [0.25, 0.3) is 0 Å². The van der Waals surface area contributed by atoms with Gasteiger partial charge in [-0.2, -0.15) is 0 Å². The highest BCUT2D eigenvalue weighted by molar-refractivity contribution is 7.88. The number of carboxylic acid groups (broad SMARTS) is 1. The number of rotatable bonds is 5. The van der Waals surface area contributed by atoms with Crippen molar-refractivity contribution in [2.24, 2.45) is 5.92 Å². The van der Waals surface area contributed by atoms with E-state index in [1.165, 1.54) is 4.31 Å². The van der Waals surface area contributed by atoms with Gasteiger partial charge in [-0.1, -0.05) is 0 Å². The zero-order valence-electron chi connectivity index (χ0n) is 12.0. The van der Waals surface area contributed by atoms with Gasteiger partial charge in [-0.25, -0.2) is 12.7 Å². The first-order valence-electron chi connectivity index (χ1n) is 6.50. The fraction of sp³-hybridized carbons (Fsp3) is 0.833. The van der Waals surface area contributed by atoms with Crippen LogP contribution < -0.4 is 5.32 Å². The smallest absolute Gasteiger partial charge is 0.305 e. The number of carbonyl (C=O) groups is 2. The number of hydrogen-bond acceptors (Lipinski definition) is 4. The molecule has 1 heterocycles. The molecule has 0 aromatic rings. The predicted molar refractivity (Wildman–Crippen MR) is 73.6 cm³/mol. The monoisotopic (exact) mass is 306 g/mol. The average molecular weight is 306 g/mol. The first kappa shape index (κ1) is 16.9. The lowest BCUT2D eigenvalue weighted by molar-refractivity contribution is -0.139. The van der Waals surface area contributed by atoms with Crippen LogP contribution in [0.15, 0.2) is 0 Å². The van der Waals surface area contributed by atoms with Gasteiger partial charge in [0, 0.05) is 18.6 Å². The van der Waals surface area contributed by atoms with Crippen LogP contribution in [0.5, 0.6) is 0 Å². The van der Waals surface area contributed by atoms with Gasteiger partial charge >= 0.3 is 5.97 Å². The van der Waals surface area contributed by atoms with Crippen LogP contribution in [-0.2, 0) is 19.6 Å². The Labute approximate surface area is 119 Å². The third-order valence-electron chi connectivity index (χ3n) is 3.28. The van der Waals surface area contributed by atoms with E-state index in [0.717, 1.165) is 6.26 Å². The van der Waals surface area contributed by atoms with Gasteiger partial charge in [0.25, 0.3) is 0 Å². The Morgan fingerprint density at radius 3 is 2.50 bits per heavy atom. The van der Waals surface area contributed by atoms with Crippen LogP contribution in [0.1, 0.15) is 33.1 Å². The standard InChI is InChI=1S/C12H22N2O5S/c1-12(2,7-10(15)16)13-11(17)9-5-4-6-14(8-9)20(3,18)19/h9H,4-8H2,1-3H3,(H,13,17)(H,15,16). The summed E-state index contributed by atoms with van der Waals surface area (Å²) in [5.74, 6) is -1.70. The molecule has 1 atom stereocenters. The number of carboxylic acids is 1. The molecule has 1 unspecified atom stereocenters. The van der Waals surface area contributed by atoms with Crippen LogP contribution in [0.3, 0.4) is 0 Å². The third-order valence-corrected chi connectivity index (χ3v) is 4.55. The molecule has 0 aromatic carbocycles. The molecule has 0 saturated carbocycles. The molecule has 0 bridgehead atoms. The molecule has 0 spiro atoms. The van der Waals surface area contributed by atoms with Crippen molar-refractivity contribution in [3.63, 3.8) is 0 Å². The molecule has 7 nitrogen and oxygen atoms in total. The number of nitrogens with zero attached hydrogens (tertiary/aromatic N) is 1. The minimum atomic E-state index is -3.30. The van der Waals surface area contributed by atoms with Crippen molar-refractivity contribution in [3.8, 4) is 0 Å². The van der Waals surface area contributed by atoms with Crippen molar-refractivity contribution in [2.45, 2.75) is 38.6 Å². The lowest BCUT2D eigenvalue weighted by Crippen LogP contribution is -2.51. The van der Waals surface area contributed by atoms with E-state index in [9.17, 15) is 18.0 Å². The number of aliphatic carboxylic acids is 1. The van der Waals surface area contributed by atoms with E-state index in [2.05, 4.69) is 5.32 Å². The van der Waals surface area contributed by atoms with Gasteiger partial charge in [0.2, 0.25) is 15.9 Å². The van der Waals surface area contributed by atoms with Gasteiger partial charge in [0.05, 0.1) is 18.6 Å². The van der Waals surface area contributed by atoms with Gasteiger partial charge in [-0.05, 0) is 26.7 Å². The largest absolute Gasteiger partial charge is 0.481 e. The summed E-state index contributed by atoms with van der Waals surface area (Å²) < 4.78 is 24.3. The predicted octanol–water partition coefficient (Wildman–Crippen LogP) is 0.0275. The quantitative estimate of drug-likeness (QED) is 0.745. The van der Waals surface area contributed by atoms with E-state index in [1.54, 1.807) is 13.8 Å². The molecule has 2 N–H and O–H groups in total. The van der Waals surface area contributed by atoms with E-state index in [-0.39, 0.29) is 18.9 Å². The van der Waals surface area contributed by atoms with Crippen molar-refractivity contribution in [2.75, 3.05) is 19.3 Å². The molecular weight excluding hydrogens is 284 g/mol. The number of hydrogen-bond donors (Lipinski definition) is 2. The summed E-state index contributed by atoms with van der Waals surface area (Å²) in [7, 11) is -3.30. The van der Waals surface area contributed by atoms with Gasteiger partial charge in [0.1, 0.15) is 0 Å². The summed E-state index contributed by atoms with van der Waals surface area (Å²) >= 11 is 0. The molecule has 0 aliphatic carbocycles. The number of amides is 1. The molecule has 1 aliphatic heterocycles. The van der Waals surface area contributed by atoms with E-state index >= 15 is 0 Å². The zero-order valence-corrected chi connectivity index (χ0v) is 12.9. The Hall–Kier alpha value is -1.15. The zero-order chi connectivity index (χ0) is 15.6. The Morgan fingerprint density at radius 1 is 1.40 bits per heavy atom. The summed E-state index contributed by atoms with van der Waals surface area (Å²) in [6.45, 7) is 3.86. The van der Waals surface area contributed by atoms with Crippen LogP contribution in [0.2, 0.25) is 0 Å². The lowest BCUT2D eigenvalue weighted by atomic mass is 9.95. The van der Waals surface area contributed by atoms with Crippen LogP contribution >= 0.6 is 0 Å². The van der Waals surface area contributed by atoms with Gasteiger partial charge < -0.3 is 10.4 Å². The molecule has 0 aromatic heterocycles. The highest BCUT2D eigenvalue weighted by atomic mass is 32.2. The third kappa shape index (κ3) is 5.09. The molecular formula is C12H22N2O5S. The maximum atomic E-state index is 12.1. The summed E-state index contributed by atoms with van der Waals surface area (Å²) in [5.41, 5.74) is -0.851. The fourth-order valence-electron chi connectivity index (χ4n) is 2.32. The van der Waals surface area contributed by atoms with Crippen molar-refractivity contribution >= 4 is 21.9 Å². The SMILES string of the molecule is CC(C)(CC(=O)O)NC(=O)C1CCCN(S(C)(=O)=O)C1. The summed E-state index contributed by atoms with van der Waals surface area (Å²) in [6, 6.07) is 0. The molecule has 1 fully saturated rings. The number of carbonyl (C=O) groups excluding carboxylic acids is 1. The van der Waals surface area contributed by atoms with Crippen molar-refractivity contribution in [1.29, 1.82) is 0 Å². The first-order valence-corrected chi connectivity index (χ1v) is 8.35. The minimum absolute atomic E-state index is 0.161. The Morgan fingerprint density at radius 2 is 2.00 bits per heavy atom. The second-order valence-corrected chi connectivity index (χ2v) is 7.89. The van der Waals surface area contributed by atoms with Crippen molar-refractivity contribution < 1.29 is 23.1 Å². The van der Waals surface area contributed by atoms with Crippen LogP contribution in [0.4, 0.5) is 0 Å². The maximum absolute atomic E-state index is 12.1. The van der Waals surface area contributed by atoms with Crippen molar-refractivity contribution in [1.82, 2.24) is 9.62 Å². The van der Waals surface area contributed by atoms with Gasteiger partial charge in [-0.15, -0.1) is 0 Å². The number of sulfonamides is 1. The van der Waals surface area contributed by atoms with E-state index < -0.39 is 27.4 Å². The maximum Gasteiger partial charge on any atom is 0.305 e. The highest BCUT2D eigenvalue weighted by Gasteiger charge is 2.33. The van der Waals surface area contributed by atoms with Crippen LogP contribution in [-0.4, -0.2) is 54.6 Å². The second-order valence-electron chi connectivity index (χ2n) is 5.90. The summed E-state index contributed by atoms with van der Waals surface area (Å²) in [5, 5.41) is 11.5. The Balaban J connectivity index is 2.66. The van der Waals surface area contributed by atoms with Gasteiger partial charge in [-0.3, -0.25) is 9.59 Å². The normalized spacial score (nSPS) is 21.4. The van der Waals surface area contributed by atoms with Crippen molar-refractivity contribution in [3.05, 3.63) is 0 Å². The Kier molecular flexibility index (Phi) is 5.15. The molecule has 20 heavy (non-hydrogen) atoms. The molecule has 0 radical (unpaired) electrons. The fourth-order valence-corrected chi connectivity index (χ4v) is 3.23. The van der Waals surface area contributed by atoms with Gasteiger partial charge in [0.15, 0.2) is 0 Å². The molecule has 1 rings (SSSR count). The second kappa shape index (κ2) is 6.09. The molecule has 8 heteroatoms. The lowest BCUT2D eigenvalue weighted by Gasteiger charge is -2.33. The average Bonchev–Trinajstić information content (AvgIpc) is 2.25. The van der Waals surface area contributed by atoms with E-state index in [4.69, 9.17) is 5.11 Å². The number of nitrogens with one attached hydrogen (secondary N) is 1. The minimum Gasteiger partial charge on any atom is -0.481 e. The van der Waals surface area contributed by atoms with E-state index in [0.29, 0.717) is 19.4 Å². The molecule has 116 valence electrons. The first-order chi connectivity index (χ1) is 9.01. The molecule has 1 saturated heterocycles. The summed E-state index contributed by atoms with van der Waals surface area (Å²) in [6.07, 6.45) is 2.19. The molecule has 1 amide bonds. The molecule has 1 aliphatic rings. The highest BCUT2D eigenvalue weighted by Crippen LogP contribution is 2.20. The van der Waals surface area contributed by atoms with E-state index in [1.807, 2.05) is 0 Å². The van der Waals surface area contributed by atoms with Crippen LogP contribution in [0, 0.1) is 5.92 Å². The Bertz CT molecular complexity index is 486. The topological polar surface area (TPSA) is 104 Å². The number of piperidine rings is 1.